The van der Waals surface area contributed by atoms with Crippen molar-refractivity contribution in [2.45, 2.75) is 52.2 Å². The second-order valence-electron chi connectivity index (χ2n) is 8.90. The fourth-order valence-electron chi connectivity index (χ4n) is 4.28. The molecule has 0 aliphatic carbocycles. The van der Waals surface area contributed by atoms with Gasteiger partial charge in [0, 0.05) is 54.8 Å². The molecular weight excluding hydrogens is 354 g/mol. The predicted octanol–water partition coefficient (Wildman–Crippen LogP) is 3.70. The Bertz CT molecular complexity index is 896. The van der Waals surface area contributed by atoms with E-state index in [1.165, 1.54) is 16.6 Å². The number of fused-ring (bicyclic) bond motifs is 3. The monoisotopic (exact) mass is 383 g/mol. The van der Waals surface area contributed by atoms with Crippen molar-refractivity contribution in [1.29, 1.82) is 0 Å². The normalized spacial score (nSPS) is 20.2. The van der Waals surface area contributed by atoms with Crippen LogP contribution in [-0.4, -0.2) is 52.0 Å². The molecule has 6 nitrogen and oxygen atoms in total. The third-order valence-electron chi connectivity index (χ3n) is 5.62. The van der Waals surface area contributed by atoms with E-state index in [2.05, 4.69) is 17.1 Å². The standard InChI is InChI=1S/C22H29N3O3/c1-22(2,3)28-21(27)25-11-6-7-15(13-25)20(26)24-12-10-19-17(14-24)16-8-4-5-9-18(16)23-19/h4-5,8-9,15,23H,6-7,10-14H2,1-3H3. The molecule has 0 radical (unpaired) electrons. The Morgan fingerprint density at radius 2 is 1.93 bits per heavy atom. The van der Waals surface area contributed by atoms with Gasteiger partial charge in [-0.1, -0.05) is 18.2 Å². The first-order valence-corrected chi connectivity index (χ1v) is 10.2. The summed E-state index contributed by atoms with van der Waals surface area (Å²) >= 11 is 0. The molecule has 1 atom stereocenters. The van der Waals surface area contributed by atoms with Crippen molar-refractivity contribution in [2.24, 2.45) is 5.92 Å². The minimum absolute atomic E-state index is 0.145. The van der Waals surface area contributed by atoms with Gasteiger partial charge in [-0.05, 0) is 39.7 Å². The highest BCUT2D eigenvalue weighted by Crippen LogP contribution is 2.29. The molecule has 0 spiro atoms. The van der Waals surface area contributed by atoms with Gasteiger partial charge in [-0.2, -0.15) is 0 Å². The summed E-state index contributed by atoms with van der Waals surface area (Å²) in [6, 6.07) is 8.26. The van der Waals surface area contributed by atoms with Crippen LogP contribution in [0.3, 0.4) is 0 Å². The number of hydrogen-bond donors (Lipinski definition) is 1. The van der Waals surface area contributed by atoms with Gasteiger partial charge in [0.2, 0.25) is 5.91 Å². The van der Waals surface area contributed by atoms with Gasteiger partial charge in [-0.3, -0.25) is 4.79 Å². The van der Waals surface area contributed by atoms with Crippen molar-refractivity contribution < 1.29 is 14.3 Å². The van der Waals surface area contributed by atoms with Crippen LogP contribution >= 0.6 is 0 Å². The van der Waals surface area contributed by atoms with Crippen LogP contribution in [0.4, 0.5) is 4.79 Å². The maximum absolute atomic E-state index is 13.2. The van der Waals surface area contributed by atoms with Crippen LogP contribution in [0.25, 0.3) is 10.9 Å². The van der Waals surface area contributed by atoms with E-state index >= 15 is 0 Å². The predicted molar refractivity (Wildman–Crippen MR) is 108 cm³/mol. The second-order valence-corrected chi connectivity index (χ2v) is 8.90. The average molecular weight is 383 g/mol. The molecule has 1 saturated heterocycles. The van der Waals surface area contributed by atoms with Gasteiger partial charge in [0.05, 0.1) is 5.92 Å². The molecule has 1 fully saturated rings. The molecule has 150 valence electrons. The summed E-state index contributed by atoms with van der Waals surface area (Å²) in [6.45, 7) is 8.07. The first-order chi connectivity index (χ1) is 13.3. The largest absolute Gasteiger partial charge is 0.444 e. The van der Waals surface area contributed by atoms with Crippen LogP contribution in [0.15, 0.2) is 24.3 Å². The highest BCUT2D eigenvalue weighted by atomic mass is 16.6. The summed E-state index contributed by atoms with van der Waals surface area (Å²) < 4.78 is 5.49. The number of rotatable bonds is 1. The van der Waals surface area contributed by atoms with E-state index in [9.17, 15) is 9.59 Å². The summed E-state index contributed by atoms with van der Waals surface area (Å²) in [5, 5.41) is 1.20. The lowest BCUT2D eigenvalue weighted by Crippen LogP contribution is -2.48. The Morgan fingerprint density at radius 3 is 2.71 bits per heavy atom. The number of nitrogens with one attached hydrogen (secondary N) is 1. The molecule has 1 unspecified atom stereocenters. The van der Waals surface area contributed by atoms with Crippen molar-refractivity contribution in [3.05, 3.63) is 35.5 Å². The molecule has 1 aromatic carbocycles. The number of aromatic nitrogens is 1. The summed E-state index contributed by atoms with van der Waals surface area (Å²) in [4.78, 5) is 32.8. The molecule has 1 aromatic heterocycles. The van der Waals surface area contributed by atoms with E-state index in [0.29, 0.717) is 19.6 Å². The molecule has 4 rings (SSSR count). The topological polar surface area (TPSA) is 65.6 Å². The van der Waals surface area contributed by atoms with E-state index in [-0.39, 0.29) is 17.9 Å². The highest BCUT2D eigenvalue weighted by molar-refractivity contribution is 5.86. The first-order valence-electron chi connectivity index (χ1n) is 10.2. The zero-order valence-corrected chi connectivity index (χ0v) is 17.0. The molecule has 2 aromatic rings. The Balaban J connectivity index is 1.45. The fourth-order valence-corrected chi connectivity index (χ4v) is 4.28. The van der Waals surface area contributed by atoms with Crippen LogP contribution in [0.1, 0.15) is 44.9 Å². The SMILES string of the molecule is CC(C)(C)OC(=O)N1CCCC(C(=O)N2CCc3[nH]c4ccccc4c3C2)C1. The third-order valence-corrected chi connectivity index (χ3v) is 5.62. The number of carbonyl (C=O) groups excluding carboxylic acids is 2. The van der Waals surface area contributed by atoms with Gasteiger partial charge in [0.15, 0.2) is 0 Å². The van der Waals surface area contributed by atoms with Crippen molar-refractivity contribution >= 4 is 22.9 Å². The zero-order valence-electron chi connectivity index (χ0n) is 17.0. The molecule has 2 aliphatic heterocycles. The van der Waals surface area contributed by atoms with Crippen molar-refractivity contribution in [1.82, 2.24) is 14.8 Å². The molecule has 1 N–H and O–H groups in total. The molecule has 3 heterocycles. The maximum atomic E-state index is 13.2. The van der Waals surface area contributed by atoms with Gasteiger partial charge in [0.25, 0.3) is 0 Å². The lowest BCUT2D eigenvalue weighted by atomic mass is 9.95. The first kappa shape index (κ1) is 18.8. The minimum atomic E-state index is -0.521. The molecular formula is C22H29N3O3. The molecule has 0 saturated carbocycles. The highest BCUT2D eigenvalue weighted by Gasteiger charge is 2.34. The van der Waals surface area contributed by atoms with E-state index in [1.54, 1.807) is 4.90 Å². The van der Waals surface area contributed by atoms with E-state index in [1.807, 2.05) is 37.8 Å². The van der Waals surface area contributed by atoms with E-state index in [0.717, 1.165) is 31.3 Å². The summed E-state index contributed by atoms with van der Waals surface area (Å²) in [6.07, 6.45) is 2.19. The van der Waals surface area contributed by atoms with Crippen LogP contribution in [0.2, 0.25) is 0 Å². The smallest absolute Gasteiger partial charge is 0.410 e. The quantitative estimate of drug-likeness (QED) is 0.817. The maximum Gasteiger partial charge on any atom is 0.410 e. The number of amides is 2. The Morgan fingerprint density at radius 1 is 1.14 bits per heavy atom. The number of hydrogen-bond acceptors (Lipinski definition) is 3. The summed E-state index contributed by atoms with van der Waals surface area (Å²) in [7, 11) is 0. The number of H-pyrrole nitrogens is 1. The zero-order chi connectivity index (χ0) is 19.9. The molecule has 0 bridgehead atoms. The average Bonchev–Trinajstić information content (AvgIpc) is 3.04. The van der Waals surface area contributed by atoms with Crippen molar-refractivity contribution in [3.63, 3.8) is 0 Å². The number of likely N-dealkylation sites (tertiary alicyclic amines) is 1. The Kier molecular flexibility index (Phi) is 4.81. The van der Waals surface area contributed by atoms with Gasteiger partial charge in [-0.15, -0.1) is 0 Å². The number of benzene rings is 1. The van der Waals surface area contributed by atoms with E-state index < -0.39 is 5.60 Å². The van der Waals surface area contributed by atoms with Crippen LogP contribution in [0.5, 0.6) is 0 Å². The van der Waals surface area contributed by atoms with Crippen LogP contribution in [-0.2, 0) is 22.5 Å². The van der Waals surface area contributed by atoms with Crippen LogP contribution < -0.4 is 0 Å². The molecule has 2 aliphatic rings. The number of piperidine rings is 1. The lowest BCUT2D eigenvalue weighted by Gasteiger charge is -2.36. The molecule has 28 heavy (non-hydrogen) atoms. The Hall–Kier alpha value is -2.50. The van der Waals surface area contributed by atoms with Gasteiger partial charge >= 0.3 is 6.09 Å². The second kappa shape index (κ2) is 7.15. The van der Waals surface area contributed by atoms with Crippen molar-refractivity contribution in [3.8, 4) is 0 Å². The fraction of sp³-hybridized carbons (Fsp3) is 0.545. The van der Waals surface area contributed by atoms with E-state index in [4.69, 9.17) is 4.74 Å². The number of nitrogens with zero attached hydrogens (tertiary/aromatic N) is 2. The van der Waals surface area contributed by atoms with Gasteiger partial charge < -0.3 is 19.5 Å². The number of para-hydroxylation sites is 1. The Labute approximate surface area is 165 Å². The van der Waals surface area contributed by atoms with Crippen LogP contribution in [0, 0.1) is 5.92 Å². The van der Waals surface area contributed by atoms with Gasteiger partial charge in [0.1, 0.15) is 5.60 Å². The lowest BCUT2D eigenvalue weighted by molar-refractivity contribution is -0.138. The minimum Gasteiger partial charge on any atom is -0.444 e. The molecule has 6 heteroatoms. The summed E-state index contributed by atoms with van der Waals surface area (Å²) in [5.41, 5.74) is 3.09. The van der Waals surface area contributed by atoms with Crippen molar-refractivity contribution in [2.75, 3.05) is 19.6 Å². The molecule has 2 amide bonds. The third kappa shape index (κ3) is 3.73. The number of aromatic amines is 1. The number of carbonyl (C=O) groups is 2. The van der Waals surface area contributed by atoms with Gasteiger partial charge in [-0.25, -0.2) is 4.79 Å². The number of ether oxygens (including phenoxy) is 1. The summed E-state index contributed by atoms with van der Waals surface area (Å²) in [5.74, 6) is 0.0113.